The molecule has 0 fully saturated rings. The van der Waals surface area contributed by atoms with Gasteiger partial charge in [0.25, 0.3) is 10.0 Å². The van der Waals surface area contributed by atoms with Crippen LogP contribution in [0.4, 0.5) is 0 Å². The van der Waals surface area contributed by atoms with Crippen molar-refractivity contribution in [3.63, 3.8) is 0 Å². The van der Waals surface area contributed by atoms with Crippen LogP contribution in [0.2, 0.25) is 0 Å². The molecule has 0 spiro atoms. The molecule has 0 saturated heterocycles. The van der Waals surface area contributed by atoms with Crippen LogP contribution < -0.4 is 0 Å². The van der Waals surface area contributed by atoms with Crippen molar-refractivity contribution < 1.29 is 8.42 Å². The summed E-state index contributed by atoms with van der Waals surface area (Å²) in [4.78, 5) is 0.211. The van der Waals surface area contributed by atoms with Gasteiger partial charge in [-0.3, -0.25) is 0 Å². The van der Waals surface area contributed by atoms with E-state index in [9.17, 15) is 8.42 Å². The lowest BCUT2D eigenvalue weighted by Crippen LogP contribution is -2.03. The van der Waals surface area contributed by atoms with Crippen molar-refractivity contribution in [2.24, 2.45) is 4.40 Å². The van der Waals surface area contributed by atoms with Crippen molar-refractivity contribution in [2.75, 3.05) is 0 Å². The van der Waals surface area contributed by atoms with E-state index in [1.165, 1.54) is 0 Å². The van der Waals surface area contributed by atoms with Crippen molar-refractivity contribution in [1.29, 1.82) is 0 Å². The molecule has 0 aromatic heterocycles. The SMILES string of the molecule is CC(=NS(=O)(=O)c1ccc(C)cc1)c1ccc2ccccc2c1. The van der Waals surface area contributed by atoms with Crippen LogP contribution in [0, 0.1) is 6.92 Å². The van der Waals surface area contributed by atoms with Gasteiger partial charge < -0.3 is 0 Å². The maximum Gasteiger partial charge on any atom is 0.282 e. The fourth-order valence-electron chi connectivity index (χ4n) is 2.41. The van der Waals surface area contributed by atoms with Gasteiger partial charge in [-0.1, -0.05) is 54.1 Å². The molecule has 23 heavy (non-hydrogen) atoms. The molecule has 116 valence electrons. The number of benzene rings is 3. The Balaban J connectivity index is 2.01. The molecule has 4 heteroatoms. The van der Waals surface area contributed by atoms with E-state index in [0.717, 1.165) is 21.9 Å². The molecule has 0 saturated carbocycles. The summed E-state index contributed by atoms with van der Waals surface area (Å²) >= 11 is 0. The average molecular weight is 323 g/mol. The Morgan fingerprint density at radius 2 is 1.52 bits per heavy atom. The van der Waals surface area contributed by atoms with E-state index in [0.29, 0.717) is 5.71 Å². The molecule has 0 aliphatic carbocycles. The Morgan fingerprint density at radius 1 is 0.870 bits per heavy atom. The minimum absolute atomic E-state index is 0.211. The van der Waals surface area contributed by atoms with E-state index >= 15 is 0 Å². The summed E-state index contributed by atoms with van der Waals surface area (Å²) in [7, 11) is -3.69. The monoisotopic (exact) mass is 323 g/mol. The Kier molecular flexibility index (Phi) is 4.01. The maximum absolute atomic E-state index is 12.4. The molecule has 3 aromatic carbocycles. The van der Waals surface area contributed by atoms with E-state index in [-0.39, 0.29) is 4.90 Å². The summed E-state index contributed by atoms with van der Waals surface area (Å²) in [5.74, 6) is 0. The van der Waals surface area contributed by atoms with Crippen molar-refractivity contribution in [2.45, 2.75) is 18.7 Å². The second-order valence-electron chi connectivity index (χ2n) is 5.53. The largest absolute Gasteiger partial charge is 0.282 e. The van der Waals surface area contributed by atoms with Crippen LogP contribution in [0.15, 0.2) is 76.0 Å². The third-order valence-electron chi connectivity index (χ3n) is 3.74. The fraction of sp³-hybridized carbons (Fsp3) is 0.105. The lowest BCUT2D eigenvalue weighted by molar-refractivity contribution is 0.598. The first-order chi connectivity index (χ1) is 11.0. The smallest absolute Gasteiger partial charge is 0.199 e. The summed E-state index contributed by atoms with van der Waals surface area (Å²) in [6.07, 6.45) is 0. The zero-order valence-electron chi connectivity index (χ0n) is 13.0. The number of hydrogen-bond donors (Lipinski definition) is 0. The van der Waals surface area contributed by atoms with Crippen LogP contribution in [-0.2, 0) is 10.0 Å². The lowest BCUT2D eigenvalue weighted by atomic mass is 10.1. The predicted octanol–water partition coefficient (Wildman–Crippen LogP) is 4.35. The quantitative estimate of drug-likeness (QED) is 0.673. The van der Waals surface area contributed by atoms with E-state index in [2.05, 4.69) is 4.40 Å². The van der Waals surface area contributed by atoms with Crippen LogP contribution in [0.5, 0.6) is 0 Å². The lowest BCUT2D eigenvalue weighted by Gasteiger charge is -2.05. The Bertz CT molecular complexity index is 987. The first kappa shape index (κ1) is 15.4. The van der Waals surface area contributed by atoms with Gasteiger partial charge in [0.1, 0.15) is 0 Å². The topological polar surface area (TPSA) is 46.5 Å². The Labute approximate surface area is 136 Å². The highest BCUT2D eigenvalue weighted by Crippen LogP contribution is 2.18. The van der Waals surface area contributed by atoms with Gasteiger partial charge in [-0.2, -0.15) is 12.8 Å². The molecule has 0 heterocycles. The fourth-order valence-corrected chi connectivity index (χ4v) is 3.46. The molecule has 0 aliphatic heterocycles. The molecular formula is C19H17NO2S. The normalized spacial score (nSPS) is 12.5. The van der Waals surface area contributed by atoms with E-state index in [4.69, 9.17) is 0 Å². The minimum Gasteiger partial charge on any atom is -0.199 e. The maximum atomic E-state index is 12.4. The molecule has 3 rings (SSSR count). The molecule has 0 N–H and O–H groups in total. The number of aryl methyl sites for hydroxylation is 1. The third kappa shape index (κ3) is 3.32. The Hall–Kier alpha value is -2.46. The van der Waals surface area contributed by atoms with Gasteiger partial charge in [-0.25, -0.2) is 0 Å². The van der Waals surface area contributed by atoms with Crippen molar-refractivity contribution in [1.82, 2.24) is 0 Å². The molecule has 0 radical (unpaired) electrons. The second kappa shape index (κ2) is 5.97. The summed E-state index contributed by atoms with van der Waals surface area (Å²) in [6, 6.07) is 20.5. The van der Waals surface area contributed by atoms with Crippen molar-refractivity contribution >= 4 is 26.5 Å². The van der Waals surface area contributed by atoms with Crippen LogP contribution in [0.3, 0.4) is 0 Å². The highest BCUT2D eigenvalue weighted by Gasteiger charge is 2.13. The third-order valence-corrected chi connectivity index (χ3v) is 5.13. The van der Waals surface area contributed by atoms with Gasteiger partial charge in [-0.15, -0.1) is 0 Å². The van der Waals surface area contributed by atoms with Gasteiger partial charge in [-0.05, 0) is 48.4 Å². The predicted molar refractivity (Wildman–Crippen MR) is 94.5 cm³/mol. The number of hydrogen-bond acceptors (Lipinski definition) is 2. The number of rotatable bonds is 3. The van der Waals surface area contributed by atoms with Crippen LogP contribution in [0.1, 0.15) is 18.1 Å². The first-order valence-corrected chi connectivity index (χ1v) is 8.77. The number of sulfonamides is 1. The zero-order valence-corrected chi connectivity index (χ0v) is 13.8. The van der Waals surface area contributed by atoms with Crippen LogP contribution in [0.25, 0.3) is 10.8 Å². The minimum atomic E-state index is -3.69. The first-order valence-electron chi connectivity index (χ1n) is 7.33. The van der Waals surface area contributed by atoms with E-state index in [1.807, 2.05) is 49.4 Å². The van der Waals surface area contributed by atoms with Gasteiger partial charge in [0, 0.05) is 0 Å². The summed E-state index contributed by atoms with van der Waals surface area (Å²) < 4.78 is 28.8. The average Bonchev–Trinajstić information content (AvgIpc) is 2.54. The van der Waals surface area contributed by atoms with Gasteiger partial charge in [0.15, 0.2) is 0 Å². The Morgan fingerprint density at radius 3 is 2.22 bits per heavy atom. The number of fused-ring (bicyclic) bond motifs is 1. The molecule has 0 amide bonds. The van der Waals surface area contributed by atoms with Crippen molar-refractivity contribution in [3.8, 4) is 0 Å². The number of nitrogens with zero attached hydrogens (tertiary/aromatic N) is 1. The van der Waals surface area contributed by atoms with Gasteiger partial charge in [0.2, 0.25) is 0 Å². The highest BCUT2D eigenvalue weighted by atomic mass is 32.2. The zero-order chi connectivity index (χ0) is 16.4. The molecule has 0 atom stereocenters. The molecule has 3 aromatic rings. The molecule has 3 nitrogen and oxygen atoms in total. The van der Waals surface area contributed by atoms with Crippen molar-refractivity contribution in [3.05, 3.63) is 77.9 Å². The molecule has 0 aliphatic rings. The summed E-state index contributed by atoms with van der Waals surface area (Å²) in [5.41, 5.74) is 2.30. The molecular weight excluding hydrogens is 306 g/mol. The van der Waals surface area contributed by atoms with Crippen LogP contribution >= 0.6 is 0 Å². The van der Waals surface area contributed by atoms with Gasteiger partial charge >= 0.3 is 0 Å². The van der Waals surface area contributed by atoms with E-state index in [1.54, 1.807) is 31.2 Å². The van der Waals surface area contributed by atoms with Gasteiger partial charge in [0.05, 0.1) is 10.6 Å². The van der Waals surface area contributed by atoms with E-state index < -0.39 is 10.0 Å². The van der Waals surface area contributed by atoms with Crippen LogP contribution in [-0.4, -0.2) is 14.1 Å². The summed E-state index contributed by atoms with van der Waals surface area (Å²) in [6.45, 7) is 3.63. The molecule has 0 unspecified atom stereocenters. The highest BCUT2D eigenvalue weighted by molar-refractivity contribution is 7.90. The standard InChI is InChI=1S/C19H17NO2S/c1-14-7-11-19(12-8-14)23(21,22)20-15(2)17-10-9-16-5-3-4-6-18(16)13-17/h3-13H,1-2H3. The summed E-state index contributed by atoms with van der Waals surface area (Å²) in [5, 5.41) is 2.18. The molecule has 0 bridgehead atoms. The second-order valence-corrected chi connectivity index (χ2v) is 7.13.